The molecule has 3 heterocycles. The fourth-order valence-electron chi connectivity index (χ4n) is 4.23. The molecular formula is C24H28F3N3OS. The van der Waals surface area contributed by atoms with E-state index in [9.17, 15) is 13.2 Å². The number of allylic oxidation sites excluding steroid dienone is 3. The van der Waals surface area contributed by atoms with E-state index in [0.29, 0.717) is 28.5 Å². The van der Waals surface area contributed by atoms with Crippen molar-refractivity contribution in [1.82, 2.24) is 9.97 Å². The van der Waals surface area contributed by atoms with Gasteiger partial charge in [-0.3, -0.25) is 0 Å². The zero-order valence-corrected chi connectivity index (χ0v) is 19.3. The summed E-state index contributed by atoms with van der Waals surface area (Å²) in [6, 6.07) is 6.38. The first-order chi connectivity index (χ1) is 15.3. The fourth-order valence-corrected chi connectivity index (χ4v) is 6.59. The summed E-state index contributed by atoms with van der Waals surface area (Å²) < 4.78 is 47.7. The molecular weight excluding hydrogens is 435 g/mol. The zero-order valence-electron chi connectivity index (χ0n) is 18.4. The molecule has 1 aromatic carbocycles. The molecule has 2 atom stereocenters. The highest BCUT2D eigenvalue weighted by atomic mass is 32.2. The maximum Gasteiger partial charge on any atom is 0.417 e. The van der Waals surface area contributed by atoms with Crippen LogP contribution in [0.5, 0.6) is 0 Å². The lowest BCUT2D eigenvalue weighted by molar-refractivity contribution is -0.139. The molecule has 4 nitrogen and oxygen atoms in total. The van der Waals surface area contributed by atoms with E-state index in [0.717, 1.165) is 24.3 Å². The third-order valence-electron chi connectivity index (χ3n) is 5.92. The smallest absolute Gasteiger partial charge is 0.380 e. The Morgan fingerprint density at radius 1 is 1.19 bits per heavy atom. The third kappa shape index (κ3) is 4.71. The van der Waals surface area contributed by atoms with Gasteiger partial charge in [0.05, 0.1) is 17.4 Å². The molecule has 0 saturated carbocycles. The van der Waals surface area contributed by atoms with Gasteiger partial charge in [0.1, 0.15) is 12.1 Å². The molecule has 2 aliphatic heterocycles. The van der Waals surface area contributed by atoms with Crippen molar-refractivity contribution in [3.8, 4) is 11.3 Å². The lowest BCUT2D eigenvalue weighted by Gasteiger charge is -2.32. The second kappa shape index (κ2) is 9.27. The molecule has 0 bridgehead atoms. The number of benzene rings is 1. The van der Waals surface area contributed by atoms with Crippen molar-refractivity contribution >= 4 is 16.7 Å². The van der Waals surface area contributed by atoms with E-state index in [1.807, 2.05) is 31.4 Å². The monoisotopic (exact) mass is 463 g/mol. The molecule has 1 aromatic heterocycles. The number of aromatic nitrogens is 2. The summed E-state index contributed by atoms with van der Waals surface area (Å²) in [5, 5.41) is 1.90. The highest BCUT2D eigenvalue weighted by Crippen LogP contribution is 2.55. The van der Waals surface area contributed by atoms with Crippen LogP contribution in [0.4, 0.5) is 19.0 Å². The molecule has 2 aromatic rings. The van der Waals surface area contributed by atoms with Gasteiger partial charge in [0, 0.05) is 36.7 Å². The molecule has 1 fully saturated rings. The Balaban J connectivity index is 1.70. The normalized spacial score (nSPS) is 22.5. The quantitative estimate of drug-likeness (QED) is 0.536. The van der Waals surface area contributed by atoms with Crippen LogP contribution >= 0.6 is 10.9 Å². The number of anilines is 1. The lowest BCUT2D eigenvalue weighted by Crippen LogP contribution is -2.39. The molecule has 0 spiro atoms. The van der Waals surface area contributed by atoms with Gasteiger partial charge in [-0.15, -0.1) is 0 Å². The standard InChI is InChI=1S/C24H28F3N3OS/c1-16(2)21-7-5-11-32(21)22-9-8-17(12-19(22)24(25,26)27)20-13-23(29-15-28-20)30-10-4-6-18(14-30)31-3/h5,7-9,11-13,15-16,18,32H,4,6,10,14H2,1-3H3. The van der Waals surface area contributed by atoms with Crippen molar-refractivity contribution < 1.29 is 17.9 Å². The minimum Gasteiger partial charge on any atom is -0.380 e. The summed E-state index contributed by atoms with van der Waals surface area (Å²) in [4.78, 5) is 12.1. The maximum absolute atomic E-state index is 14.1. The van der Waals surface area contributed by atoms with Crippen molar-refractivity contribution in [1.29, 1.82) is 0 Å². The number of hydrogen-bond donors (Lipinski definition) is 1. The van der Waals surface area contributed by atoms with E-state index in [2.05, 4.69) is 14.9 Å². The number of thiol groups is 1. The van der Waals surface area contributed by atoms with Crippen molar-refractivity contribution in [2.75, 3.05) is 25.1 Å². The minimum absolute atomic E-state index is 0.128. The molecule has 4 rings (SSSR count). The Morgan fingerprint density at radius 3 is 2.72 bits per heavy atom. The number of hydrogen-bond acceptors (Lipinski definition) is 4. The predicted octanol–water partition coefficient (Wildman–Crippen LogP) is 6.20. The molecule has 1 saturated heterocycles. The van der Waals surface area contributed by atoms with Gasteiger partial charge in [-0.2, -0.15) is 24.1 Å². The van der Waals surface area contributed by atoms with Gasteiger partial charge in [-0.1, -0.05) is 32.1 Å². The van der Waals surface area contributed by atoms with Gasteiger partial charge in [0.2, 0.25) is 0 Å². The molecule has 32 heavy (non-hydrogen) atoms. The number of halogens is 3. The Labute approximate surface area is 189 Å². The van der Waals surface area contributed by atoms with Crippen LogP contribution in [0, 0.1) is 5.92 Å². The van der Waals surface area contributed by atoms with Gasteiger partial charge in [0.25, 0.3) is 0 Å². The van der Waals surface area contributed by atoms with Crippen molar-refractivity contribution in [2.45, 2.75) is 43.9 Å². The predicted molar refractivity (Wildman–Crippen MR) is 124 cm³/mol. The Kier molecular flexibility index (Phi) is 6.62. The lowest BCUT2D eigenvalue weighted by atomic mass is 10.1. The number of alkyl halides is 3. The molecule has 0 amide bonds. The fraction of sp³-hybridized carbons (Fsp3) is 0.417. The summed E-state index contributed by atoms with van der Waals surface area (Å²) in [6.07, 6.45) is 2.90. The van der Waals surface area contributed by atoms with Crippen LogP contribution in [0.2, 0.25) is 0 Å². The summed E-state index contributed by atoms with van der Waals surface area (Å²) >= 11 is 0. The van der Waals surface area contributed by atoms with Crippen LogP contribution in [-0.2, 0) is 10.9 Å². The van der Waals surface area contributed by atoms with Crippen molar-refractivity contribution in [2.24, 2.45) is 5.92 Å². The topological polar surface area (TPSA) is 38.2 Å². The van der Waals surface area contributed by atoms with E-state index in [1.54, 1.807) is 25.3 Å². The van der Waals surface area contributed by atoms with Gasteiger partial charge >= 0.3 is 6.18 Å². The molecule has 2 unspecified atom stereocenters. The van der Waals surface area contributed by atoms with Crippen molar-refractivity contribution in [3.63, 3.8) is 0 Å². The maximum atomic E-state index is 14.1. The average molecular weight is 464 g/mol. The Morgan fingerprint density at radius 2 is 2.00 bits per heavy atom. The average Bonchev–Trinajstić information content (AvgIpc) is 3.28. The first-order valence-electron chi connectivity index (χ1n) is 10.8. The van der Waals surface area contributed by atoms with Crippen LogP contribution in [0.3, 0.4) is 0 Å². The van der Waals surface area contributed by atoms with Gasteiger partial charge < -0.3 is 9.64 Å². The molecule has 0 aliphatic carbocycles. The molecule has 8 heteroatoms. The second-order valence-corrected chi connectivity index (χ2v) is 10.4. The number of nitrogens with zero attached hydrogens (tertiary/aromatic N) is 3. The second-order valence-electron chi connectivity index (χ2n) is 8.39. The first-order valence-corrected chi connectivity index (χ1v) is 12.2. The van der Waals surface area contributed by atoms with Crippen LogP contribution in [0.15, 0.2) is 58.0 Å². The SMILES string of the molecule is COC1CCCN(c2cc(-c3ccc([SH]4C=CC=C4C(C)C)c(C(F)(F)F)c3)ncn2)C1. The van der Waals surface area contributed by atoms with Gasteiger partial charge in [-0.05, 0) is 41.2 Å². The molecule has 0 N–H and O–H groups in total. The Bertz CT molecular complexity index is 1040. The van der Waals surface area contributed by atoms with E-state index in [-0.39, 0.29) is 12.0 Å². The van der Waals surface area contributed by atoms with Gasteiger partial charge in [-0.25, -0.2) is 9.97 Å². The van der Waals surface area contributed by atoms with Crippen LogP contribution < -0.4 is 4.90 Å². The van der Waals surface area contributed by atoms with E-state index in [4.69, 9.17) is 4.74 Å². The summed E-state index contributed by atoms with van der Waals surface area (Å²) in [6.45, 7) is 5.59. The third-order valence-corrected chi connectivity index (χ3v) is 8.52. The van der Waals surface area contributed by atoms with E-state index in [1.165, 1.54) is 12.4 Å². The van der Waals surface area contributed by atoms with Crippen LogP contribution in [-0.4, -0.2) is 36.3 Å². The molecule has 172 valence electrons. The van der Waals surface area contributed by atoms with Gasteiger partial charge in [0.15, 0.2) is 0 Å². The van der Waals surface area contributed by atoms with E-state index >= 15 is 0 Å². The number of rotatable bonds is 5. The summed E-state index contributed by atoms with van der Waals surface area (Å²) in [7, 11) is 0.568. The largest absolute Gasteiger partial charge is 0.417 e. The van der Waals surface area contributed by atoms with E-state index < -0.39 is 22.6 Å². The highest BCUT2D eigenvalue weighted by molar-refractivity contribution is 8.23. The Hall–Kier alpha value is -2.32. The highest BCUT2D eigenvalue weighted by Gasteiger charge is 2.36. The number of methoxy groups -OCH3 is 1. The summed E-state index contributed by atoms with van der Waals surface area (Å²) in [5.41, 5.74) is 0.344. The summed E-state index contributed by atoms with van der Waals surface area (Å²) in [5.74, 6) is 0.907. The number of ether oxygens (including phenoxy) is 1. The number of piperidine rings is 1. The first kappa shape index (κ1) is 22.9. The van der Waals surface area contributed by atoms with Crippen LogP contribution in [0.25, 0.3) is 11.3 Å². The zero-order chi connectivity index (χ0) is 22.9. The minimum atomic E-state index is -4.44. The van der Waals surface area contributed by atoms with Crippen LogP contribution in [0.1, 0.15) is 32.3 Å². The molecule has 0 radical (unpaired) electrons. The van der Waals surface area contributed by atoms with Crippen molar-refractivity contribution in [3.05, 3.63) is 58.6 Å². The molecule has 2 aliphatic rings.